The highest BCUT2D eigenvalue weighted by Gasteiger charge is 2.42. The van der Waals surface area contributed by atoms with Gasteiger partial charge in [0.1, 0.15) is 0 Å². The molecule has 10 fully saturated rings. The highest BCUT2D eigenvalue weighted by atomic mass is 16.5. The van der Waals surface area contributed by atoms with Crippen LogP contribution in [-0.2, 0) is 23.7 Å². The first-order valence-corrected chi connectivity index (χ1v) is 28.7. The number of nitrogens with zero attached hydrogens (tertiary/aromatic N) is 5. The molecule has 10 saturated heterocycles. The zero-order valence-electron chi connectivity index (χ0n) is 45.8. The standard InChI is InChI=1S/2C12H23NO.3C11H21NO/c1-11(2)13-7-3-12(4-8-13)5-9-14-10-6-12;1-11(2)13-7-5-12(6-8-13)4-3-9-14-10-12;1-10(2)12-6-3-11(9-12)4-7-13-8-5-11;1-10(2)12-6-3-11(4-7-12)5-8-13-9-11;1-10(2)12-6-5-11(8-12)4-3-7-13-9-11/h2*11H,3-10H2,1-2H3;3*10H,3-9H2,1-2H3. The van der Waals surface area contributed by atoms with E-state index in [1.807, 2.05) is 0 Å². The van der Waals surface area contributed by atoms with E-state index in [1.54, 1.807) is 0 Å². The predicted molar refractivity (Wildman–Crippen MR) is 278 cm³/mol. The maximum absolute atomic E-state index is 5.64. The second-order valence-electron chi connectivity index (χ2n) is 25.4. The molecule has 0 radical (unpaired) electrons. The van der Waals surface area contributed by atoms with Gasteiger partial charge in [0.2, 0.25) is 0 Å². The lowest BCUT2D eigenvalue weighted by molar-refractivity contribution is -0.0465. The first-order chi connectivity index (χ1) is 32.1. The van der Waals surface area contributed by atoms with Crippen molar-refractivity contribution < 1.29 is 23.7 Å². The summed E-state index contributed by atoms with van der Waals surface area (Å²) in [6.45, 7) is 45.9. The molecule has 10 nitrogen and oxygen atoms in total. The number of rotatable bonds is 5. The zero-order chi connectivity index (χ0) is 48.0. The Balaban J connectivity index is 0.000000138. The van der Waals surface area contributed by atoms with E-state index in [0.717, 1.165) is 90.2 Å². The number of hydrogen-bond acceptors (Lipinski definition) is 10. The molecule has 10 aliphatic rings. The molecular formula is C57H109N5O5. The van der Waals surface area contributed by atoms with E-state index < -0.39 is 0 Å². The van der Waals surface area contributed by atoms with Gasteiger partial charge in [-0.3, -0.25) is 0 Å². The van der Waals surface area contributed by atoms with Crippen LogP contribution in [0.3, 0.4) is 0 Å². The minimum Gasteiger partial charge on any atom is -0.381 e. The SMILES string of the molecule is CC(C)N1CCC2(CCCOC2)C1.CC(C)N1CCC2(CCCOC2)CC1.CC(C)N1CCC2(CCOC2)CC1.CC(C)N1CCC2(CCOCC2)C1.CC(C)N1CCC2(CCOCC2)CC1. The van der Waals surface area contributed by atoms with Gasteiger partial charge in [0, 0.05) is 95.0 Å². The van der Waals surface area contributed by atoms with Gasteiger partial charge in [0.05, 0.1) is 19.8 Å². The molecule has 0 aromatic rings. The normalized spacial score (nSPS) is 30.1. The topological polar surface area (TPSA) is 62.3 Å². The van der Waals surface area contributed by atoms with Crippen LogP contribution in [0, 0.1) is 27.1 Å². The third-order valence-corrected chi connectivity index (χ3v) is 19.3. The van der Waals surface area contributed by atoms with Crippen LogP contribution >= 0.6 is 0 Å². The quantitative estimate of drug-likeness (QED) is 0.266. The molecule has 1 unspecified atom stereocenters. The maximum Gasteiger partial charge on any atom is 0.0535 e. The highest BCUT2D eigenvalue weighted by Crippen LogP contribution is 2.43. The fourth-order valence-corrected chi connectivity index (χ4v) is 13.5. The van der Waals surface area contributed by atoms with Crippen molar-refractivity contribution in [2.45, 2.75) is 209 Å². The van der Waals surface area contributed by atoms with Crippen molar-refractivity contribution in [3.8, 4) is 0 Å². The lowest BCUT2D eigenvalue weighted by Gasteiger charge is -2.45. The van der Waals surface area contributed by atoms with E-state index >= 15 is 0 Å². The van der Waals surface area contributed by atoms with Gasteiger partial charge in [-0.2, -0.15) is 0 Å². The molecule has 0 bridgehead atoms. The van der Waals surface area contributed by atoms with Gasteiger partial charge < -0.3 is 48.2 Å². The highest BCUT2D eigenvalue weighted by molar-refractivity contribution is 4.95. The maximum atomic E-state index is 5.64. The molecule has 0 aliphatic carbocycles. The zero-order valence-corrected chi connectivity index (χ0v) is 45.8. The summed E-state index contributed by atoms with van der Waals surface area (Å²) < 4.78 is 27.7. The van der Waals surface area contributed by atoms with Crippen LogP contribution in [0.25, 0.3) is 0 Å². The lowest BCUT2D eigenvalue weighted by Crippen LogP contribution is -2.46. The fraction of sp³-hybridized carbons (Fsp3) is 1.00. The molecule has 0 aromatic carbocycles. The summed E-state index contributed by atoms with van der Waals surface area (Å²) in [7, 11) is 0. The van der Waals surface area contributed by atoms with E-state index in [9.17, 15) is 0 Å². The molecule has 10 heterocycles. The van der Waals surface area contributed by atoms with Crippen molar-refractivity contribution in [1.29, 1.82) is 0 Å². The van der Waals surface area contributed by atoms with Crippen molar-refractivity contribution in [3.63, 3.8) is 0 Å². The van der Waals surface area contributed by atoms with Crippen LogP contribution < -0.4 is 0 Å². The minimum absolute atomic E-state index is 0.530. The largest absolute Gasteiger partial charge is 0.381 e. The van der Waals surface area contributed by atoms with Gasteiger partial charge in [-0.25, -0.2) is 0 Å². The molecule has 0 N–H and O–H groups in total. The Morgan fingerprint density at radius 2 is 0.522 bits per heavy atom. The number of hydrogen-bond donors (Lipinski definition) is 0. The number of piperidine rings is 3. The van der Waals surface area contributed by atoms with Gasteiger partial charge in [-0.05, 0) is 252 Å². The molecule has 0 aromatic heterocycles. The molecule has 67 heavy (non-hydrogen) atoms. The Hall–Kier alpha value is -0.400. The monoisotopic (exact) mass is 944 g/mol. The lowest BCUT2D eigenvalue weighted by atomic mass is 9.72. The number of ether oxygens (including phenoxy) is 5. The Labute approximate surface area is 414 Å². The molecule has 10 heteroatoms. The molecule has 5 spiro atoms. The smallest absolute Gasteiger partial charge is 0.0535 e. The van der Waals surface area contributed by atoms with E-state index in [1.165, 1.54) is 175 Å². The van der Waals surface area contributed by atoms with Crippen LogP contribution in [0.4, 0.5) is 0 Å². The summed E-state index contributed by atoms with van der Waals surface area (Å²) in [4.78, 5) is 13.0. The molecule has 392 valence electrons. The average Bonchev–Trinajstić information content (AvgIpc) is 4.08. The Morgan fingerprint density at radius 3 is 0.881 bits per heavy atom. The van der Waals surface area contributed by atoms with Crippen molar-refractivity contribution >= 4 is 0 Å². The van der Waals surface area contributed by atoms with Crippen molar-refractivity contribution in [1.82, 2.24) is 24.5 Å². The molecule has 0 amide bonds. The van der Waals surface area contributed by atoms with Crippen molar-refractivity contribution in [2.24, 2.45) is 27.1 Å². The first kappa shape index (κ1) is 55.9. The van der Waals surface area contributed by atoms with Crippen LogP contribution in [0.2, 0.25) is 0 Å². The minimum atomic E-state index is 0.530. The summed E-state index contributed by atoms with van der Waals surface area (Å²) in [5.74, 6) is 0. The summed E-state index contributed by atoms with van der Waals surface area (Å²) >= 11 is 0. The summed E-state index contributed by atoms with van der Waals surface area (Å²) in [5.41, 5.74) is 2.95. The fourth-order valence-electron chi connectivity index (χ4n) is 13.5. The Bertz CT molecular complexity index is 1250. The summed E-state index contributed by atoms with van der Waals surface area (Å²) in [6.07, 6.45) is 22.8. The Morgan fingerprint density at radius 1 is 0.254 bits per heavy atom. The first-order valence-electron chi connectivity index (χ1n) is 28.7. The van der Waals surface area contributed by atoms with Crippen LogP contribution in [-0.4, -0.2) is 186 Å². The van der Waals surface area contributed by atoms with Gasteiger partial charge >= 0.3 is 0 Å². The van der Waals surface area contributed by atoms with Crippen molar-refractivity contribution in [2.75, 3.05) is 132 Å². The summed E-state index contributed by atoms with van der Waals surface area (Å²) in [6, 6.07) is 3.60. The van der Waals surface area contributed by atoms with Gasteiger partial charge in [-0.15, -0.1) is 0 Å². The molecule has 0 saturated carbocycles. The molecule has 10 rings (SSSR count). The van der Waals surface area contributed by atoms with Crippen LogP contribution in [0.1, 0.15) is 178 Å². The summed E-state index contributed by atoms with van der Waals surface area (Å²) in [5, 5.41) is 0. The third-order valence-electron chi connectivity index (χ3n) is 19.3. The Kier molecular flexibility index (Phi) is 22.1. The van der Waals surface area contributed by atoms with Crippen molar-refractivity contribution in [3.05, 3.63) is 0 Å². The van der Waals surface area contributed by atoms with Crippen LogP contribution in [0.5, 0.6) is 0 Å². The van der Waals surface area contributed by atoms with E-state index in [2.05, 4.69) is 93.7 Å². The second kappa shape index (κ2) is 26.5. The molecule has 1 atom stereocenters. The number of likely N-dealkylation sites (tertiary alicyclic amines) is 5. The second-order valence-corrected chi connectivity index (χ2v) is 25.4. The van der Waals surface area contributed by atoms with E-state index in [0.29, 0.717) is 33.1 Å². The van der Waals surface area contributed by atoms with E-state index in [-0.39, 0.29) is 0 Å². The van der Waals surface area contributed by atoms with Gasteiger partial charge in [0.25, 0.3) is 0 Å². The molecule has 10 aliphatic heterocycles. The average molecular weight is 945 g/mol. The molecular weight excluding hydrogens is 835 g/mol. The van der Waals surface area contributed by atoms with E-state index in [4.69, 9.17) is 23.7 Å². The predicted octanol–water partition coefficient (Wildman–Crippen LogP) is 10.3. The van der Waals surface area contributed by atoms with Gasteiger partial charge in [0.15, 0.2) is 0 Å². The van der Waals surface area contributed by atoms with Gasteiger partial charge in [-0.1, -0.05) is 0 Å². The van der Waals surface area contributed by atoms with Crippen LogP contribution in [0.15, 0.2) is 0 Å². The third kappa shape index (κ3) is 16.6.